The average molecular weight is 176 g/mol. The van der Waals surface area contributed by atoms with Gasteiger partial charge < -0.3 is 0 Å². The van der Waals surface area contributed by atoms with Crippen molar-refractivity contribution in [1.82, 2.24) is 0 Å². The van der Waals surface area contributed by atoms with E-state index in [1.54, 1.807) is 20.8 Å². The highest BCUT2D eigenvalue weighted by Gasteiger charge is 2.21. The van der Waals surface area contributed by atoms with Crippen LogP contribution in [0.3, 0.4) is 0 Å². The molecule has 0 aliphatic rings. The van der Waals surface area contributed by atoms with Gasteiger partial charge in [0, 0.05) is 11.8 Å². The van der Waals surface area contributed by atoms with Crippen LogP contribution in [0.25, 0.3) is 0 Å². The second-order valence-electron chi connectivity index (χ2n) is 4.07. The van der Waals surface area contributed by atoms with Crippen molar-refractivity contribution in [3.05, 3.63) is 11.7 Å². The monoisotopic (exact) mass is 176 g/mol. The van der Waals surface area contributed by atoms with Crippen LogP contribution in [0.15, 0.2) is 11.7 Å². The second-order valence-corrected chi connectivity index (χ2v) is 4.07. The average Bonchev–Trinajstić information content (AvgIpc) is 1.97. The lowest BCUT2D eigenvalue weighted by Crippen LogP contribution is -2.07. The molecule has 2 heteroatoms. The van der Waals surface area contributed by atoms with Crippen LogP contribution in [-0.4, -0.2) is 0 Å². The molecule has 0 aromatic carbocycles. The smallest absolute Gasteiger partial charge is 0.137 e. The zero-order valence-corrected chi connectivity index (χ0v) is 8.38. The third-order valence-corrected chi connectivity index (χ3v) is 1.65. The van der Waals surface area contributed by atoms with Crippen LogP contribution >= 0.6 is 0 Å². The van der Waals surface area contributed by atoms with Gasteiger partial charge >= 0.3 is 0 Å². The van der Waals surface area contributed by atoms with E-state index < -0.39 is 17.1 Å². The molecule has 0 saturated heterocycles. The molecule has 0 aromatic heterocycles. The molecule has 0 aliphatic carbocycles. The van der Waals surface area contributed by atoms with Crippen molar-refractivity contribution in [2.45, 2.75) is 47.0 Å². The highest BCUT2D eigenvalue weighted by Crippen LogP contribution is 2.31. The Balaban J connectivity index is 4.26. The molecule has 72 valence electrons. The van der Waals surface area contributed by atoms with Crippen LogP contribution in [0.1, 0.15) is 47.0 Å². The highest BCUT2D eigenvalue weighted by molar-refractivity contribution is 5.07. The summed E-state index contributed by atoms with van der Waals surface area (Å²) in [6, 6.07) is 0. The Morgan fingerprint density at radius 1 is 1.17 bits per heavy atom. The van der Waals surface area contributed by atoms with Gasteiger partial charge in [-0.1, -0.05) is 34.1 Å². The molecular formula is C10H18F2. The van der Waals surface area contributed by atoms with Gasteiger partial charge in [0.1, 0.15) is 11.7 Å². The minimum Gasteiger partial charge on any atom is -0.209 e. The molecule has 0 rings (SSSR count). The second kappa shape index (κ2) is 4.58. The Morgan fingerprint density at radius 3 is 2.00 bits per heavy atom. The minimum atomic E-state index is -0.683. The molecule has 0 N–H and O–H groups in total. The maximum Gasteiger partial charge on any atom is 0.137 e. The van der Waals surface area contributed by atoms with Crippen LogP contribution < -0.4 is 0 Å². The molecular weight excluding hydrogens is 158 g/mol. The Kier molecular flexibility index (Phi) is 4.43. The zero-order chi connectivity index (χ0) is 9.78. The van der Waals surface area contributed by atoms with E-state index >= 15 is 0 Å². The Hall–Kier alpha value is -0.400. The van der Waals surface area contributed by atoms with E-state index in [2.05, 4.69) is 0 Å². The van der Waals surface area contributed by atoms with Crippen molar-refractivity contribution in [3.63, 3.8) is 0 Å². The van der Waals surface area contributed by atoms with Crippen LogP contribution in [-0.2, 0) is 0 Å². The van der Waals surface area contributed by atoms with E-state index in [9.17, 15) is 8.78 Å². The van der Waals surface area contributed by atoms with E-state index in [1.165, 1.54) is 0 Å². The number of unbranched alkanes of at least 4 members (excludes halogenated alkanes) is 1. The summed E-state index contributed by atoms with van der Waals surface area (Å²) in [6.07, 6.45) is 1.85. The third-order valence-electron chi connectivity index (χ3n) is 1.65. The van der Waals surface area contributed by atoms with Gasteiger partial charge in [0.05, 0.1) is 0 Å². The van der Waals surface area contributed by atoms with Crippen molar-refractivity contribution in [3.8, 4) is 0 Å². The van der Waals surface area contributed by atoms with Gasteiger partial charge in [0.25, 0.3) is 0 Å². The predicted molar refractivity (Wildman–Crippen MR) is 48.2 cm³/mol. The molecule has 12 heavy (non-hydrogen) atoms. The van der Waals surface area contributed by atoms with E-state index in [0.717, 1.165) is 12.8 Å². The summed E-state index contributed by atoms with van der Waals surface area (Å²) in [4.78, 5) is 0. The summed E-state index contributed by atoms with van der Waals surface area (Å²) in [7, 11) is 0. The molecule has 0 spiro atoms. The van der Waals surface area contributed by atoms with E-state index in [-0.39, 0.29) is 6.42 Å². The molecule has 0 nitrogen and oxygen atoms in total. The van der Waals surface area contributed by atoms with Crippen LogP contribution in [0, 0.1) is 5.41 Å². The topological polar surface area (TPSA) is 0 Å². The van der Waals surface area contributed by atoms with Gasteiger partial charge in [-0.15, -0.1) is 0 Å². The van der Waals surface area contributed by atoms with Crippen LogP contribution in [0.5, 0.6) is 0 Å². The van der Waals surface area contributed by atoms with Crippen molar-refractivity contribution in [2.75, 3.05) is 0 Å². The first kappa shape index (κ1) is 11.6. The highest BCUT2D eigenvalue weighted by atomic mass is 19.2. The number of hydrogen-bond acceptors (Lipinski definition) is 0. The molecule has 0 radical (unpaired) electrons. The van der Waals surface area contributed by atoms with Crippen molar-refractivity contribution in [1.29, 1.82) is 0 Å². The van der Waals surface area contributed by atoms with Crippen molar-refractivity contribution >= 4 is 0 Å². The third kappa shape index (κ3) is 3.84. The fraction of sp³-hybridized carbons (Fsp3) is 0.800. The number of halogens is 2. The first-order chi connectivity index (χ1) is 5.39. The van der Waals surface area contributed by atoms with Gasteiger partial charge in [-0.2, -0.15) is 0 Å². The summed E-state index contributed by atoms with van der Waals surface area (Å²) >= 11 is 0. The van der Waals surface area contributed by atoms with Crippen LogP contribution in [0.2, 0.25) is 0 Å². The fourth-order valence-electron chi connectivity index (χ4n) is 0.849. The Labute approximate surface area is 73.7 Å². The standard InChI is InChI=1S/C10H18F2/c1-5-6-7-8(11)9(12)10(2,3)4/h5-7H2,1-4H3. The molecule has 0 atom stereocenters. The normalized spacial score (nSPS) is 14.5. The van der Waals surface area contributed by atoms with E-state index in [4.69, 9.17) is 0 Å². The van der Waals surface area contributed by atoms with Crippen molar-refractivity contribution in [2.24, 2.45) is 5.41 Å². The van der Waals surface area contributed by atoms with Crippen LogP contribution in [0.4, 0.5) is 8.78 Å². The minimum absolute atomic E-state index is 0.236. The van der Waals surface area contributed by atoms with Crippen molar-refractivity contribution < 1.29 is 8.78 Å². The fourth-order valence-corrected chi connectivity index (χ4v) is 0.849. The maximum atomic E-state index is 13.1. The van der Waals surface area contributed by atoms with E-state index in [0.29, 0.717) is 0 Å². The van der Waals surface area contributed by atoms with Gasteiger partial charge in [-0.05, 0) is 6.42 Å². The molecule has 0 aromatic rings. The van der Waals surface area contributed by atoms with Gasteiger partial charge in [0.2, 0.25) is 0 Å². The largest absolute Gasteiger partial charge is 0.209 e. The van der Waals surface area contributed by atoms with Gasteiger partial charge in [-0.3, -0.25) is 0 Å². The van der Waals surface area contributed by atoms with Gasteiger partial charge in [0.15, 0.2) is 0 Å². The molecule has 0 amide bonds. The van der Waals surface area contributed by atoms with Gasteiger partial charge in [-0.25, -0.2) is 8.78 Å². The lowest BCUT2D eigenvalue weighted by molar-refractivity contribution is 0.347. The summed E-state index contributed by atoms with van der Waals surface area (Å²) in [5.74, 6) is -1.18. The lowest BCUT2D eigenvalue weighted by atomic mass is 9.93. The number of allylic oxidation sites excluding steroid dienone is 2. The zero-order valence-electron chi connectivity index (χ0n) is 8.38. The van der Waals surface area contributed by atoms with E-state index in [1.807, 2.05) is 6.92 Å². The summed E-state index contributed by atoms with van der Waals surface area (Å²) in [6.45, 7) is 6.98. The summed E-state index contributed by atoms with van der Waals surface area (Å²) < 4.78 is 26.1. The lowest BCUT2D eigenvalue weighted by Gasteiger charge is -2.16. The molecule has 0 fully saturated rings. The SMILES string of the molecule is CCCCC(F)=C(F)C(C)(C)C. The first-order valence-corrected chi connectivity index (χ1v) is 4.44. The quantitative estimate of drug-likeness (QED) is 0.598. The molecule has 0 unspecified atom stereocenters. The molecule has 0 aliphatic heterocycles. The first-order valence-electron chi connectivity index (χ1n) is 4.44. The summed E-state index contributed by atoms with van der Waals surface area (Å²) in [5.41, 5.74) is -0.683. The molecule has 0 heterocycles. The molecule has 0 bridgehead atoms. The number of rotatable bonds is 3. The Morgan fingerprint density at radius 2 is 1.67 bits per heavy atom. The maximum absolute atomic E-state index is 13.1. The Bertz CT molecular complexity index is 163. The molecule has 0 saturated carbocycles. The predicted octanol–water partition coefficient (Wildman–Crippen LogP) is 4.37. The number of hydrogen-bond donors (Lipinski definition) is 0. The summed E-state index contributed by atoms with van der Waals surface area (Å²) in [5, 5.41) is 0.